The van der Waals surface area contributed by atoms with Crippen molar-refractivity contribution < 1.29 is 28.5 Å². The smallest absolute Gasteiger partial charge is 0.378 e. The average Bonchev–Trinajstić information content (AvgIpc) is 2.73. The minimum atomic E-state index is -4.63. The molecule has 0 unspecified atom stereocenters. The molecular formula is C21H22N3O6P. The largest absolute Gasteiger partial charge is 0.469 e. The van der Waals surface area contributed by atoms with Crippen LogP contribution < -0.4 is 10.2 Å². The predicted molar refractivity (Wildman–Crippen MR) is 117 cm³/mol. The number of benzene rings is 2. The summed E-state index contributed by atoms with van der Waals surface area (Å²) in [6, 6.07) is 14.4. The topological polar surface area (TPSA) is 129 Å². The number of ketones is 1. The van der Waals surface area contributed by atoms with Crippen molar-refractivity contribution in [3.8, 4) is 0 Å². The van der Waals surface area contributed by atoms with Crippen LogP contribution in [0.3, 0.4) is 0 Å². The molecule has 1 aliphatic rings. The third kappa shape index (κ3) is 5.74. The summed E-state index contributed by atoms with van der Waals surface area (Å²) < 4.78 is 15.0. The van der Waals surface area contributed by atoms with E-state index in [0.29, 0.717) is 22.5 Å². The Morgan fingerprint density at radius 2 is 1.74 bits per heavy atom. The van der Waals surface area contributed by atoms with Gasteiger partial charge >= 0.3 is 7.82 Å². The molecule has 162 valence electrons. The average molecular weight is 443 g/mol. The van der Waals surface area contributed by atoms with Gasteiger partial charge in [0.05, 0.1) is 23.6 Å². The number of anilines is 1. The number of hydrogen-bond donors (Lipinski definition) is 3. The van der Waals surface area contributed by atoms with Crippen molar-refractivity contribution in [1.82, 2.24) is 5.32 Å². The fourth-order valence-electron chi connectivity index (χ4n) is 2.98. The molecular weight excluding hydrogens is 421 g/mol. The molecule has 2 aromatic rings. The van der Waals surface area contributed by atoms with Crippen molar-refractivity contribution in [2.45, 2.75) is 0 Å². The van der Waals surface area contributed by atoms with Gasteiger partial charge in [-0.25, -0.2) is 9.56 Å². The highest BCUT2D eigenvalue weighted by atomic mass is 31.2. The zero-order chi connectivity index (χ0) is 22.6. The molecule has 1 aliphatic carbocycles. The highest BCUT2D eigenvalue weighted by Gasteiger charge is 2.28. The summed E-state index contributed by atoms with van der Waals surface area (Å²) in [7, 11) is -0.761. The minimum Gasteiger partial charge on any atom is -0.378 e. The van der Waals surface area contributed by atoms with Crippen molar-refractivity contribution in [2.24, 2.45) is 4.99 Å². The molecule has 0 aliphatic heterocycles. The number of nitrogens with zero attached hydrogens (tertiary/aromatic N) is 2. The fraction of sp³-hybridized carbons (Fsp3) is 0.190. The Hall–Kier alpha value is -3.10. The van der Waals surface area contributed by atoms with Crippen LogP contribution in [0.15, 0.2) is 65.2 Å². The highest BCUT2D eigenvalue weighted by Crippen LogP contribution is 2.35. The van der Waals surface area contributed by atoms with Crippen LogP contribution in [0.5, 0.6) is 0 Å². The Morgan fingerprint density at radius 1 is 1.10 bits per heavy atom. The van der Waals surface area contributed by atoms with Crippen molar-refractivity contribution in [2.75, 3.05) is 32.1 Å². The van der Waals surface area contributed by atoms with E-state index in [9.17, 15) is 14.2 Å². The molecule has 0 atom stereocenters. The molecule has 1 amide bonds. The molecule has 10 heteroatoms. The molecule has 0 bridgehead atoms. The number of Topliss-reactive ketones (excluding diaryl/α,β-unsaturated/α-hetero) is 1. The number of hydrogen-bond acceptors (Lipinski definition) is 6. The predicted octanol–water partition coefficient (Wildman–Crippen LogP) is 2.22. The molecule has 3 N–H and O–H groups in total. The Balaban J connectivity index is 1.88. The number of phosphoric acid groups is 1. The lowest BCUT2D eigenvalue weighted by Gasteiger charge is -2.17. The molecule has 0 heterocycles. The number of phosphoric ester groups is 1. The molecule has 0 saturated heterocycles. The second-order valence-corrected chi connectivity index (χ2v) is 8.16. The molecule has 0 spiro atoms. The summed E-state index contributed by atoms with van der Waals surface area (Å²) in [5.74, 6) is -1.13. The van der Waals surface area contributed by atoms with E-state index in [1.54, 1.807) is 24.3 Å². The van der Waals surface area contributed by atoms with E-state index < -0.39 is 26.1 Å². The standard InChI is InChI=1S/C21H22N3O6P/c1-24(2)15-9-7-14(8-10-15)23-19-13-18(20(25)17-6-4-3-5-16(17)19)21(26)22-11-12-30-31(27,28)29/h3-10,13H,11-12H2,1-2H3,(H,22,26)(H2,27,28,29)/b23-19+. The van der Waals surface area contributed by atoms with Crippen molar-refractivity contribution in [3.05, 3.63) is 71.3 Å². The molecule has 0 fully saturated rings. The van der Waals surface area contributed by atoms with Crippen LogP contribution >= 0.6 is 7.82 Å². The third-order valence-electron chi connectivity index (χ3n) is 4.48. The van der Waals surface area contributed by atoms with Crippen molar-refractivity contribution in [3.63, 3.8) is 0 Å². The number of aliphatic imine (C=N–C) groups is 1. The van der Waals surface area contributed by atoms with Crippen LogP contribution in [0.2, 0.25) is 0 Å². The summed E-state index contributed by atoms with van der Waals surface area (Å²) in [5.41, 5.74) is 2.99. The third-order valence-corrected chi connectivity index (χ3v) is 5.00. The summed E-state index contributed by atoms with van der Waals surface area (Å²) in [4.78, 5) is 49.3. The van der Waals surface area contributed by atoms with Crippen molar-refractivity contribution >= 4 is 36.6 Å². The highest BCUT2D eigenvalue weighted by molar-refractivity contribution is 7.46. The minimum absolute atomic E-state index is 0.112. The monoisotopic (exact) mass is 443 g/mol. The lowest BCUT2D eigenvalue weighted by Crippen LogP contribution is -2.33. The SMILES string of the molecule is CN(C)c1ccc(/N=C2\C=C(C(=O)NCCOP(=O)(O)O)C(=O)c3ccccc32)cc1. The molecule has 31 heavy (non-hydrogen) atoms. The summed E-state index contributed by atoms with van der Waals surface area (Å²) >= 11 is 0. The van der Waals surface area contributed by atoms with Crippen LogP contribution in [0.4, 0.5) is 11.4 Å². The normalized spacial score (nSPS) is 14.8. The number of amides is 1. The molecule has 0 radical (unpaired) electrons. The second-order valence-electron chi connectivity index (χ2n) is 6.92. The first-order chi connectivity index (χ1) is 14.7. The lowest BCUT2D eigenvalue weighted by molar-refractivity contribution is -0.117. The fourth-order valence-corrected chi connectivity index (χ4v) is 3.31. The van der Waals surface area contributed by atoms with E-state index >= 15 is 0 Å². The first kappa shape index (κ1) is 22.6. The van der Waals surface area contributed by atoms with E-state index in [4.69, 9.17) is 9.79 Å². The Bertz CT molecular complexity index is 1100. The first-order valence-electron chi connectivity index (χ1n) is 9.36. The van der Waals surface area contributed by atoms with Crippen LogP contribution in [-0.4, -0.2) is 54.4 Å². The van der Waals surface area contributed by atoms with Crippen LogP contribution in [0.1, 0.15) is 15.9 Å². The quantitative estimate of drug-likeness (QED) is 0.340. The molecule has 3 rings (SSSR count). The maximum absolute atomic E-state index is 12.8. The van der Waals surface area contributed by atoms with Crippen LogP contribution in [0, 0.1) is 0 Å². The lowest BCUT2D eigenvalue weighted by atomic mass is 9.88. The van der Waals surface area contributed by atoms with E-state index in [0.717, 1.165) is 5.69 Å². The van der Waals surface area contributed by atoms with Gasteiger partial charge in [-0.2, -0.15) is 0 Å². The maximum Gasteiger partial charge on any atom is 0.469 e. The molecule has 2 aromatic carbocycles. The summed E-state index contributed by atoms with van der Waals surface area (Å²) in [6.07, 6.45) is 1.42. The Kier molecular flexibility index (Phi) is 6.82. The summed E-state index contributed by atoms with van der Waals surface area (Å²) in [5, 5.41) is 2.43. The van der Waals surface area contributed by atoms with Gasteiger partial charge in [0, 0.05) is 37.5 Å². The van der Waals surface area contributed by atoms with Gasteiger partial charge in [-0.3, -0.25) is 14.1 Å². The van der Waals surface area contributed by atoms with Crippen LogP contribution in [-0.2, 0) is 13.9 Å². The van der Waals surface area contributed by atoms with Crippen LogP contribution in [0.25, 0.3) is 0 Å². The molecule has 0 aromatic heterocycles. The van der Waals surface area contributed by atoms with Gasteiger partial charge in [-0.05, 0) is 30.3 Å². The number of fused-ring (bicyclic) bond motifs is 1. The zero-order valence-corrected chi connectivity index (χ0v) is 17.9. The van der Waals surface area contributed by atoms with E-state index in [1.165, 1.54) is 6.08 Å². The number of allylic oxidation sites excluding steroid dienone is 1. The summed E-state index contributed by atoms with van der Waals surface area (Å²) in [6.45, 7) is -0.568. The van der Waals surface area contributed by atoms with E-state index in [2.05, 4.69) is 14.8 Å². The van der Waals surface area contributed by atoms with Gasteiger partial charge in [0.2, 0.25) is 0 Å². The maximum atomic E-state index is 12.8. The van der Waals surface area contributed by atoms with Gasteiger partial charge in [0.25, 0.3) is 5.91 Å². The zero-order valence-electron chi connectivity index (χ0n) is 17.0. The van der Waals surface area contributed by atoms with E-state index in [-0.39, 0.29) is 12.1 Å². The van der Waals surface area contributed by atoms with Gasteiger partial charge in [0.1, 0.15) is 0 Å². The first-order valence-corrected chi connectivity index (χ1v) is 10.9. The number of rotatable bonds is 7. The second kappa shape index (κ2) is 9.36. The van der Waals surface area contributed by atoms with Gasteiger partial charge in [-0.15, -0.1) is 0 Å². The van der Waals surface area contributed by atoms with Gasteiger partial charge < -0.3 is 20.0 Å². The van der Waals surface area contributed by atoms with Gasteiger partial charge in [-0.1, -0.05) is 24.3 Å². The Labute approximate surface area is 179 Å². The van der Waals surface area contributed by atoms with Gasteiger partial charge in [0.15, 0.2) is 5.78 Å². The number of carbonyl (C=O) groups is 2. The molecule has 0 saturated carbocycles. The number of carbonyl (C=O) groups excluding carboxylic acids is 2. The Morgan fingerprint density at radius 3 is 2.35 bits per heavy atom. The molecule has 9 nitrogen and oxygen atoms in total. The number of nitrogens with one attached hydrogen (secondary N) is 1. The van der Waals surface area contributed by atoms with E-state index in [1.807, 2.05) is 43.3 Å². The van der Waals surface area contributed by atoms with Crippen molar-refractivity contribution in [1.29, 1.82) is 0 Å².